The molecule has 0 bridgehead atoms. The zero-order valence-electron chi connectivity index (χ0n) is 8.36. The third kappa shape index (κ3) is 1.73. The van der Waals surface area contributed by atoms with Crippen LogP contribution in [0.2, 0.25) is 0 Å². The Kier molecular flexibility index (Phi) is 2.46. The largest absolute Gasteiger partial charge is 0.435 e. The molecular formula is C9H12F3N3. The molecule has 1 aliphatic rings. The smallest absolute Gasteiger partial charge is 0.312 e. The number of halogens is 3. The fourth-order valence-electron chi connectivity index (χ4n) is 1.91. The molecule has 6 heteroatoms. The Morgan fingerprint density at radius 2 is 2.20 bits per heavy atom. The molecule has 0 amide bonds. The molecule has 0 spiro atoms. The van der Waals surface area contributed by atoms with Crippen molar-refractivity contribution >= 4 is 0 Å². The van der Waals surface area contributed by atoms with E-state index in [4.69, 9.17) is 0 Å². The first kappa shape index (κ1) is 10.5. The lowest BCUT2D eigenvalue weighted by atomic mass is 10.1. The number of alkyl halides is 3. The molecule has 1 aromatic rings. The van der Waals surface area contributed by atoms with E-state index < -0.39 is 11.9 Å². The molecule has 15 heavy (non-hydrogen) atoms. The SMILES string of the molecule is CCn1nc(C(F)(F)F)c2c1CCNC2. The maximum Gasteiger partial charge on any atom is 0.435 e. The second-order valence-electron chi connectivity index (χ2n) is 3.51. The van der Waals surface area contributed by atoms with Crippen LogP contribution >= 0.6 is 0 Å². The summed E-state index contributed by atoms with van der Waals surface area (Å²) in [7, 11) is 0. The minimum atomic E-state index is -4.34. The molecule has 84 valence electrons. The van der Waals surface area contributed by atoms with Gasteiger partial charge in [0.1, 0.15) is 0 Å². The van der Waals surface area contributed by atoms with Crippen LogP contribution in [0.4, 0.5) is 13.2 Å². The Morgan fingerprint density at radius 3 is 2.80 bits per heavy atom. The molecule has 1 aliphatic heterocycles. The van der Waals surface area contributed by atoms with Crippen LogP contribution in [-0.2, 0) is 25.7 Å². The van der Waals surface area contributed by atoms with Crippen LogP contribution in [0.15, 0.2) is 0 Å². The molecular weight excluding hydrogens is 207 g/mol. The van der Waals surface area contributed by atoms with Gasteiger partial charge in [-0.2, -0.15) is 18.3 Å². The minimum Gasteiger partial charge on any atom is -0.312 e. The Labute approximate surface area is 85.3 Å². The van der Waals surface area contributed by atoms with E-state index >= 15 is 0 Å². The molecule has 1 N–H and O–H groups in total. The minimum absolute atomic E-state index is 0.268. The van der Waals surface area contributed by atoms with E-state index in [1.165, 1.54) is 4.68 Å². The van der Waals surface area contributed by atoms with Crippen molar-refractivity contribution in [2.45, 2.75) is 32.6 Å². The van der Waals surface area contributed by atoms with Gasteiger partial charge in [0.2, 0.25) is 0 Å². The van der Waals surface area contributed by atoms with Gasteiger partial charge < -0.3 is 5.32 Å². The Morgan fingerprint density at radius 1 is 1.47 bits per heavy atom. The van der Waals surface area contributed by atoms with Crippen molar-refractivity contribution < 1.29 is 13.2 Å². The van der Waals surface area contributed by atoms with Gasteiger partial charge in [-0.15, -0.1) is 0 Å². The van der Waals surface area contributed by atoms with Gasteiger partial charge in [-0.3, -0.25) is 4.68 Å². The van der Waals surface area contributed by atoms with Crippen LogP contribution in [0.5, 0.6) is 0 Å². The van der Waals surface area contributed by atoms with Gasteiger partial charge in [-0.05, 0) is 6.92 Å². The molecule has 0 saturated carbocycles. The van der Waals surface area contributed by atoms with Crippen molar-refractivity contribution in [3.8, 4) is 0 Å². The summed E-state index contributed by atoms with van der Waals surface area (Å²) in [5, 5.41) is 6.57. The Bertz CT molecular complexity index is 367. The summed E-state index contributed by atoms with van der Waals surface area (Å²) in [6.45, 7) is 3.27. The van der Waals surface area contributed by atoms with E-state index in [9.17, 15) is 13.2 Å². The summed E-state index contributed by atoms with van der Waals surface area (Å²) < 4.78 is 39.3. The van der Waals surface area contributed by atoms with E-state index in [-0.39, 0.29) is 6.54 Å². The lowest BCUT2D eigenvalue weighted by Crippen LogP contribution is -2.26. The number of nitrogens with zero attached hydrogens (tertiary/aromatic N) is 2. The van der Waals surface area contributed by atoms with Crippen LogP contribution in [0.1, 0.15) is 23.9 Å². The standard InChI is InChI=1S/C9H12F3N3/c1-2-15-7-3-4-13-5-6(7)8(14-15)9(10,11)12/h13H,2-5H2,1H3. The predicted molar refractivity (Wildman–Crippen MR) is 48.3 cm³/mol. The molecule has 0 saturated heterocycles. The van der Waals surface area contributed by atoms with Gasteiger partial charge in [0.05, 0.1) is 0 Å². The summed E-state index contributed by atoms with van der Waals surface area (Å²) >= 11 is 0. The molecule has 2 rings (SSSR count). The maximum atomic E-state index is 12.6. The van der Waals surface area contributed by atoms with Gasteiger partial charge in [-0.1, -0.05) is 0 Å². The van der Waals surface area contributed by atoms with Gasteiger partial charge in [-0.25, -0.2) is 0 Å². The molecule has 0 radical (unpaired) electrons. The molecule has 3 nitrogen and oxygen atoms in total. The van der Waals surface area contributed by atoms with E-state index in [1.807, 2.05) is 0 Å². The molecule has 0 atom stereocenters. The molecule has 1 aromatic heterocycles. The fraction of sp³-hybridized carbons (Fsp3) is 0.667. The predicted octanol–water partition coefficient (Wildman–Crippen LogP) is 1.57. The number of nitrogens with one attached hydrogen (secondary N) is 1. The van der Waals surface area contributed by atoms with Crippen molar-refractivity contribution in [1.29, 1.82) is 0 Å². The van der Waals surface area contributed by atoms with Crippen LogP contribution in [0.25, 0.3) is 0 Å². The molecule has 0 aliphatic carbocycles. The summed E-state index contributed by atoms with van der Waals surface area (Å²) in [6, 6.07) is 0. The van der Waals surface area contributed by atoms with Gasteiger partial charge >= 0.3 is 6.18 Å². The number of hydrogen-bond acceptors (Lipinski definition) is 2. The van der Waals surface area contributed by atoms with Crippen molar-refractivity contribution in [2.75, 3.05) is 6.54 Å². The van der Waals surface area contributed by atoms with Crippen molar-refractivity contribution in [3.05, 3.63) is 17.0 Å². The number of hydrogen-bond donors (Lipinski definition) is 1. The second-order valence-corrected chi connectivity index (χ2v) is 3.51. The number of fused-ring (bicyclic) bond motifs is 1. The zero-order chi connectivity index (χ0) is 11.1. The Balaban J connectivity index is 2.52. The van der Waals surface area contributed by atoms with Crippen LogP contribution < -0.4 is 5.32 Å². The molecule has 0 unspecified atom stereocenters. The highest BCUT2D eigenvalue weighted by atomic mass is 19.4. The topological polar surface area (TPSA) is 29.9 Å². The maximum absolute atomic E-state index is 12.6. The fourth-order valence-corrected chi connectivity index (χ4v) is 1.91. The van der Waals surface area contributed by atoms with Gasteiger partial charge in [0, 0.05) is 37.3 Å². The summed E-state index contributed by atoms with van der Waals surface area (Å²) in [4.78, 5) is 0. The first-order valence-electron chi connectivity index (χ1n) is 4.90. The first-order chi connectivity index (χ1) is 7.04. The van der Waals surface area contributed by atoms with E-state index in [0.717, 1.165) is 12.2 Å². The van der Waals surface area contributed by atoms with Crippen LogP contribution in [0, 0.1) is 0 Å². The van der Waals surface area contributed by atoms with Crippen molar-refractivity contribution in [1.82, 2.24) is 15.1 Å². The summed E-state index contributed by atoms with van der Waals surface area (Å²) in [5.41, 5.74) is 0.311. The number of aryl methyl sites for hydroxylation is 1. The van der Waals surface area contributed by atoms with Crippen LogP contribution in [-0.4, -0.2) is 16.3 Å². The highest BCUT2D eigenvalue weighted by molar-refractivity contribution is 5.30. The van der Waals surface area contributed by atoms with Gasteiger partial charge in [0.25, 0.3) is 0 Å². The van der Waals surface area contributed by atoms with Crippen LogP contribution in [0.3, 0.4) is 0 Å². The van der Waals surface area contributed by atoms with E-state index in [1.54, 1.807) is 6.92 Å². The van der Waals surface area contributed by atoms with E-state index in [2.05, 4.69) is 10.4 Å². The third-order valence-corrected chi connectivity index (χ3v) is 2.57. The second kappa shape index (κ2) is 3.52. The Hall–Kier alpha value is -1.04. The van der Waals surface area contributed by atoms with Crippen molar-refractivity contribution in [3.63, 3.8) is 0 Å². The third-order valence-electron chi connectivity index (χ3n) is 2.57. The monoisotopic (exact) mass is 219 g/mol. The highest BCUT2D eigenvalue weighted by Gasteiger charge is 2.39. The average molecular weight is 219 g/mol. The quantitative estimate of drug-likeness (QED) is 0.777. The highest BCUT2D eigenvalue weighted by Crippen LogP contribution is 2.33. The lowest BCUT2D eigenvalue weighted by molar-refractivity contribution is -0.142. The summed E-state index contributed by atoms with van der Waals surface area (Å²) in [5.74, 6) is 0. The number of rotatable bonds is 1. The number of aromatic nitrogens is 2. The van der Waals surface area contributed by atoms with E-state index in [0.29, 0.717) is 18.5 Å². The van der Waals surface area contributed by atoms with Crippen molar-refractivity contribution in [2.24, 2.45) is 0 Å². The molecule has 0 fully saturated rings. The normalized spacial score (nSPS) is 16.5. The lowest BCUT2D eigenvalue weighted by Gasteiger charge is -2.15. The van der Waals surface area contributed by atoms with Gasteiger partial charge in [0.15, 0.2) is 5.69 Å². The molecule has 0 aromatic carbocycles. The first-order valence-corrected chi connectivity index (χ1v) is 4.90. The molecule has 2 heterocycles. The average Bonchev–Trinajstić information content (AvgIpc) is 2.55. The zero-order valence-corrected chi connectivity index (χ0v) is 8.36. The summed E-state index contributed by atoms with van der Waals surface area (Å²) in [6.07, 6.45) is -3.73.